The summed E-state index contributed by atoms with van der Waals surface area (Å²) in [6, 6.07) is 17.5. The number of carboxylic acid groups (broad SMARTS) is 1. The number of rotatable bonds is 10. The van der Waals surface area contributed by atoms with Crippen molar-refractivity contribution in [3.05, 3.63) is 82.4 Å². The number of carboxylic acids is 1. The average Bonchev–Trinajstić information content (AvgIpc) is 3.39. The minimum Gasteiger partial charge on any atom is -0.542 e. The van der Waals surface area contributed by atoms with Gasteiger partial charge in [0.25, 0.3) is 5.91 Å². The third-order valence-electron chi connectivity index (χ3n) is 7.61. The number of hydrogen-bond acceptors (Lipinski definition) is 6. The lowest BCUT2D eigenvalue weighted by atomic mass is 10.1. The van der Waals surface area contributed by atoms with E-state index >= 15 is 0 Å². The van der Waals surface area contributed by atoms with Crippen LogP contribution in [0.1, 0.15) is 52.4 Å². The number of benzene rings is 3. The Labute approximate surface area is 260 Å². The number of unbranched alkanes of at least 4 members (excludes halogenated alkanes) is 1. The first kappa shape index (κ1) is 34.8. The Morgan fingerprint density at radius 3 is 2.30 bits per heavy atom. The number of quaternary nitrogens is 1. The number of carbonyl (C=O) groups is 2. The molecule has 0 saturated carbocycles. The van der Waals surface area contributed by atoms with Crippen LogP contribution in [0.3, 0.4) is 0 Å². The number of aryl methyl sites for hydroxylation is 2. The van der Waals surface area contributed by atoms with Crippen LogP contribution in [-0.4, -0.2) is 66.3 Å². The molecule has 238 valence electrons. The second-order valence-corrected chi connectivity index (χ2v) is 12.6. The van der Waals surface area contributed by atoms with Crippen molar-refractivity contribution < 1.29 is 42.2 Å². The maximum absolute atomic E-state index is 13.4. The molecule has 0 unspecified atom stereocenters. The van der Waals surface area contributed by atoms with Crippen molar-refractivity contribution in [3.63, 3.8) is 0 Å². The molecule has 44 heavy (non-hydrogen) atoms. The predicted molar refractivity (Wildman–Crippen MR) is 161 cm³/mol. The van der Waals surface area contributed by atoms with Crippen molar-refractivity contribution in [2.24, 2.45) is 0 Å². The van der Waals surface area contributed by atoms with Gasteiger partial charge in [-0.3, -0.25) is 4.79 Å². The van der Waals surface area contributed by atoms with Crippen molar-refractivity contribution in [1.82, 2.24) is 4.90 Å². The first-order valence-electron chi connectivity index (χ1n) is 14.3. The highest BCUT2D eigenvalue weighted by Crippen LogP contribution is 2.36. The minimum atomic E-state index is -5.19. The summed E-state index contributed by atoms with van der Waals surface area (Å²) < 4.78 is 38.6. The number of alkyl halides is 3. The topological polar surface area (TPSA) is 89.9 Å². The van der Waals surface area contributed by atoms with Gasteiger partial charge in [0.1, 0.15) is 17.5 Å². The largest absolute Gasteiger partial charge is 0.542 e. The second kappa shape index (κ2) is 14.9. The van der Waals surface area contributed by atoms with E-state index in [2.05, 4.69) is 59.1 Å². The number of aliphatic carboxylic acids is 1. The maximum Gasteiger partial charge on any atom is 0.430 e. The van der Waals surface area contributed by atoms with Gasteiger partial charge in [-0.25, -0.2) is 0 Å². The normalized spacial score (nSPS) is 12.8. The number of ether oxygens (including phenoxy) is 1. The number of carbonyl (C=O) groups excluding carboxylic acids is 2. The number of hydrogen-bond donors (Lipinski definition) is 1. The van der Waals surface area contributed by atoms with Crippen molar-refractivity contribution in [3.8, 4) is 11.5 Å². The van der Waals surface area contributed by atoms with E-state index < -0.39 is 12.1 Å². The Morgan fingerprint density at radius 2 is 1.66 bits per heavy atom. The lowest BCUT2D eigenvalue weighted by Crippen LogP contribution is -2.40. The van der Waals surface area contributed by atoms with Crippen LogP contribution >= 0.6 is 11.8 Å². The van der Waals surface area contributed by atoms with Gasteiger partial charge in [0, 0.05) is 23.5 Å². The quantitative estimate of drug-likeness (QED) is 0.222. The highest BCUT2D eigenvalue weighted by Gasteiger charge is 2.29. The Kier molecular flexibility index (Phi) is 11.7. The molecule has 1 amide bonds. The van der Waals surface area contributed by atoms with Gasteiger partial charge >= 0.3 is 6.18 Å². The van der Waals surface area contributed by atoms with Gasteiger partial charge in [-0.1, -0.05) is 23.9 Å². The maximum atomic E-state index is 13.4. The van der Waals surface area contributed by atoms with E-state index in [4.69, 9.17) is 14.6 Å². The molecule has 11 heteroatoms. The van der Waals surface area contributed by atoms with Crippen molar-refractivity contribution in [2.45, 2.75) is 62.7 Å². The summed E-state index contributed by atoms with van der Waals surface area (Å²) in [5, 5.41) is 19.2. The van der Waals surface area contributed by atoms with Crippen LogP contribution < -0.4 is 9.84 Å². The molecule has 0 bridgehead atoms. The number of amides is 1. The predicted octanol–water partition coefficient (Wildman–Crippen LogP) is 5.87. The van der Waals surface area contributed by atoms with Gasteiger partial charge in [-0.15, -0.1) is 0 Å². The van der Waals surface area contributed by atoms with Crippen molar-refractivity contribution in [1.29, 1.82) is 0 Å². The van der Waals surface area contributed by atoms with Crippen LogP contribution in [0.15, 0.2) is 64.4 Å². The fraction of sp³-hybridized carbons (Fsp3) is 0.394. The summed E-state index contributed by atoms with van der Waals surface area (Å²) in [7, 11) is 4.52. The molecular weight excluding hydrogens is 593 g/mol. The van der Waals surface area contributed by atoms with Crippen LogP contribution in [-0.2, 0) is 17.9 Å². The number of halogens is 3. The van der Waals surface area contributed by atoms with Gasteiger partial charge in [0.15, 0.2) is 0 Å². The van der Waals surface area contributed by atoms with Gasteiger partial charge in [-0.05, 0) is 98.3 Å². The van der Waals surface area contributed by atoms with Crippen LogP contribution in [0.25, 0.3) is 0 Å². The molecule has 1 heterocycles. The molecule has 0 fully saturated rings. The Bertz CT molecular complexity index is 1480. The van der Waals surface area contributed by atoms with Gasteiger partial charge in [-0.2, -0.15) is 13.2 Å². The number of nitrogens with zero attached hydrogens (tertiary/aromatic N) is 2. The highest BCUT2D eigenvalue weighted by molar-refractivity contribution is 7.99. The SMILES string of the molecule is CC[N+](C)(C)CCCCOc1ccc2c(c1)CN(C(=O)c1ccc(O)c(Sc3ccc(C)c(C)c3)c1)C2.O=C([O-])C(F)(F)F. The Balaban J connectivity index is 0.000000676. The van der Waals surface area contributed by atoms with Gasteiger partial charge in [0.05, 0.1) is 38.7 Å². The summed E-state index contributed by atoms with van der Waals surface area (Å²) in [6.45, 7) is 10.5. The van der Waals surface area contributed by atoms with E-state index in [1.165, 1.54) is 22.9 Å². The molecule has 4 rings (SSSR count). The summed E-state index contributed by atoms with van der Waals surface area (Å²) in [6.07, 6.45) is -3.02. The zero-order chi connectivity index (χ0) is 32.7. The Morgan fingerprint density at radius 1 is 0.977 bits per heavy atom. The molecule has 0 radical (unpaired) electrons. The molecule has 7 nitrogen and oxygen atoms in total. The van der Waals surface area contributed by atoms with Crippen LogP contribution in [0.2, 0.25) is 0 Å². The third kappa shape index (κ3) is 9.92. The molecule has 0 atom stereocenters. The lowest BCUT2D eigenvalue weighted by Gasteiger charge is -2.28. The molecule has 0 spiro atoms. The van der Waals surface area contributed by atoms with E-state index in [0.29, 0.717) is 30.2 Å². The first-order chi connectivity index (χ1) is 20.6. The minimum absolute atomic E-state index is 0.0303. The van der Waals surface area contributed by atoms with E-state index in [-0.39, 0.29) is 11.7 Å². The zero-order valence-corrected chi connectivity index (χ0v) is 26.5. The van der Waals surface area contributed by atoms with Crippen molar-refractivity contribution >= 4 is 23.6 Å². The summed E-state index contributed by atoms with van der Waals surface area (Å²) in [5.74, 6) is -1.98. The molecule has 1 aliphatic heterocycles. The van der Waals surface area contributed by atoms with Crippen LogP contribution in [0.5, 0.6) is 11.5 Å². The molecule has 1 N–H and O–H groups in total. The molecule has 0 aromatic heterocycles. The first-order valence-corrected chi connectivity index (χ1v) is 15.1. The molecule has 3 aromatic rings. The summed E-state index contributed by atoms with van der Waals surface area (Å²) in [4.78, 5) is 25.7. The van der Waals surface area contributed by atoms with Crippen LogP contribution in [0.4, 0.5) is 13.2 Å². The lowest BCUT2D eigenvalue weighted by molar-refractivity contribution is -0.888. The van der Waals surface area contributed by atoms with Crippen molar-refractivity contribution in [2.75, 3.05) is 33.8 Å². The number of phenolic OH excluding ortho intramolecular Hbond substituents is 1. The van der Waals surface area contributed by atoms with Crippen LogP contribution in [0, 0.1) is 13.8 Å². The fourth-order valence-electron chi connectivity index (χ4n) is 4.41. The van der Waals surface area contributed by atoms with Gasteiger partial charge < -0.3 is 29.1 Å². The van der Waals surface area contributed by atoms with Gasteiger partial charge in [0.2, 0.25) is 0 Å². The number of fused-ring (bicyclic) bond motifs is 1. The molecule has 1 aliphatic rings. The third-order valence-corrected chi connectivity index (χ3v) is 8.65. The van der Waals surface area contributed by atoms with E-state index in [9.17, 15) is 23.1 Å². The average molecular weight is 633 g/mol. The molecule has 3 aromatic carbocycles. The second-order valence-electron chi connectivity index (χ2n) is 11.4. The molecule has 0 saturated heterocycles. The smallest absolute Gasteiger partial charge is 0.430 e. The van der Waals surface area contributed by atoms with E-state index in [1.807, 2.05) is 17.0 Å². The zero-order valence-electron chi connectivity index (χ0n) is 25.7. The summed E-state index contributed by atoms with van der Waals surface area (Å²) >= 11 is 1.48. The van der Waals surface area contributed by atoms with E-state index in [1.54, 1.807) is 18.2 Å². The standard InChI is InChI=1S/C31H38N2O3S.C2HF3O2/c1-6-33(4,5)15-7-8-16-36-27-12-10-25-20-32(21-26(25)18-27)31(35)24-11-14-29(34)30(19-24)37-28-13-9-22(2)23(3)17-28;3-2(4,5)1(6)7/h9-14,17-19H,6-8,15-16,20-21H2,1-5H3;(H,6,7). The highest BCUT2D eigenvalue weighted by atomic mass is 32.2. The monoisotopic (exact) mass is 632 g/mol. The number of aromatic hydroxyl groups is 1. The Hall–Kier alpha value is -3.70. The molecular formula is C33H39F3N2O5S. The molecule has 0 aliphatic carbocycles. The summed E-state index contributed by atoms with van der Waals surface area (Å²) in [5.41, 5.74) is 5.32. The van der Waals surface area contributed by atoms with E-state index in [0.717, 1.165) is 52.2 Å². The number of phenols is 1. The fourth-order valence-corrected chi connectivity index (χ4v) is 5.39.